The summed E-state index contributed by atoms with van der Waals surface area (Å²) < 4.78 is 18.9. The summed E-state index contributed by atoms with van der Waals surface area (Å²) in [6.07, 6.45) is 0.733. The van der Waals surface area contributed by atoms with Gasteiger partial charge in [-0.15, -0.1) is 0 Å². The minimum atomic E-state index is -1.98. The molecule has 2 fully saturated rings. The third-order valence-electron chi connectivity index (χ3n) is 10.2. The van der Waals surface area contributed by atoms with Gasteiger partial charge in [0.25, 0.3) is 0 Å². The van der Waals surface area contributed by atoms with Crippen LogP contribution in [0.2, 0.25) is 0 Å². The molecular formula is C36H41N9O12. The van der Waals surface area contributed by atoms with Crippen LogP contribution in [0.15, 0.2) is 49.2 Å². The summed E-state index contributed by atoms with van der Waals surface area (Å²) >= 11 is 0. The van der Waals surface area contributed by atoms with Crippen molar-refractivity contribution in [3.63, 3.8) is 0 Å². The van der Waals surface area contributed by atoms with Crippen molar-refractivity contribution in [2.45, 2.75) is 75.5 Å². The number of aliphatic hydroxyl groups is 3. The van der Waals surface area contributed by atoms with Gasteiger partial charge in [0.15, 0.2) is 17.5 Å². The molecule has 2 aliphatic rings. The summed E-state index contributed by atoms with van der Waals surface area (Å²) in [4.78, 5) is 60.2. The van der Waals surface area contributed by atoms with Crippen LogP contribution in [0.5, 0.6) is 5.75 Å². The Morgan fingerprint density at radius 3 is 2.53 bits per heavy atom. The maximum absolute atomic E-state index is 13.5. The van der Waals surface area contributed by atoms with Crippen molar-refractivity contribution in [2.75, 3.05) is 27.2 Å². The zero-order valence-corrected chi connectivity index (χ0v) is 30.9. The van der Waals surface area contributed by atoms with Crippen molar-refractivity contribution < 1.29 is 53.9 Å². The van der Waals surface area contributed by atoms with Crippen LogP contribution in [-0.2, 0) is 20.9 Å². The summed E-state index contributed by atoms with van der Waals surface area (Å²) in [5, 5.41) is 65.9. The molecule has 1 aliphatic heterocycles. The van der Waals surface area contributed by atoms with Gasteiger partial charge in [0.2, 0.25) is 6.29 Å². The highest BCUT2D eigenvalue weighted by atomic mass is 16.7. The number of carboxylic acids is 1. The number of carbonyl (C=O) groups is 3. The third-order valence-corrected chi connectivity index (χ3v) is 10.2. The molecule has 1 aromatic carbocycles. The maximum Gasteiger partial charge on any atom is 0.409 e. The molecule has 6 atom stereocenters. The molecule has 1 saturated heterocycles. The number of nitriles is 1. The van der Waals surface area contributed by atoms with E-state index in [1.807, 2.05) is 10.9 Å². The van der Waals surface area contributed by atoms with Gasteiger partial charge in [-0.2, -0.15) is 10.4 Å². The lowest BCUT2D eigenvalue weighted by molar-refractivity contribution is -0.387. The quantitative estimate of drug-likeness (QED) is 0.112. The number of hydrogen-bond donors (Lipinski definition) is 4. The molecule has 302 valence electrons. The van der Waals surface area contributed by atoms with Gasteiger partial charge in [0.1, 0.15) is 31.2 Å². The van der Waals surface area contributed by atoms with Crippen LogP contribution >= 0.6 is 0 Å². The van der Waals surface area contributed by atoms with E-state index in [4.69, 9.17) is 14.2 Å². The number of carbonyl (C=O) groups excluding carboxylic acids is 2. The smallest absolute Gasteiger partial charge is 0.409 e. The summed E-state index contributed by atoms with van der Waals surface area (Å²) in [7, 11) is 3.01. The standard InChI is InChI=1S/C36H41N9O12/c1-41(35(51)43-12-10-23-27(38-19-39-32(23)43)22-16-40-44(17-22)24(9-11-37)21-5-3-4-6-21)13-14-42(2)36(52)55-18-20-7-8-26(25(15-20)45(53)54)56-34-30(48)28(46)29(47)31(57-34)33(49)50/h7-8,10,12,15-17,19,21,24,28-31,34,46-48H,3-6,9,13-14,18H2,1-2H3,(H,49,50)/t24?,28-,29-,30+,31-,34+/m0/s1. The maximum atomic E-state index is 13.5. The van der Waals surface area contributed by atoms with Crippen molar-refractivity contribution in [2.24, 2.45) is 5.92 Å². The Bertz CT molecular complexity index is 2160. The number of nitrogens with zero attached hydrogens (tertiary/aromatic N) is 9. The predicted molar refractivity (Wildman–Crippen MR) is 194 cm³/mol. The van der Waals surface area contributed by atoms with E-state index in [0.717, 1.165) is 43.4 Å². The molecule has 6 rings (SSSR count). The van der Waals surface area contributed by atoms with Crippen LogP contribution in [0.1, 0.15) is 43.7 Å². The molecule has 4 aromatic rings. The Kier molecular flexibility index (Phi) is 12.3. The SMILES string of the molecule is CN(CCN(C)C(=O)n1ccc2c(-c3cnn(C(CC#N)C4CCCC4)c3)ncnc21)C(=O)OCc1ccc(O[C@@H]2O[C@H](C(=O)O)[C@@H](O)[C@H](O)[C@H]2O)c([N+](=O)[O-])c1. The molecular weight excluding hydrogens is 750 g/mol. The zero-order chi connectivity index (χ0) is 41.0. The third kappa shape index (κ3) is 8.63. The highest BCUT2D eigenvalue weighted by molar-refractivity contribution is 5.96. The van der Waals surface area contributed by atoms with E-state index in [0.29, 0.717) is 29.1 Å². The lowest BCUT2D eigenvalue weighted by atomic mass is 9.96. The van der Waals surface area contributed by atoms with Gasteiger partial charge >= 0.3 is 23.8 Å². The molecule has 1 unspecified atom stereocenters. The second-order valence-electron chi connectivity index (χ2n) is 13.9. The summed E-state index contributed by atoms with van der Waals surface area (Å²) in [6.45, 7) is -0.250. The lowest BCUT2D eigenvalue weighted by Gasteiger charge is -2.38. The largest absolute Gasteiger partial charge is 0.479 e. The Morgan fingerprint density at radius 2 is 1.82 bits per heavy atom. The molecule has 21 heteroatoms. The van der Waals surface area contributed by atoms with Crippen molar-refractivity contribution >= 4 is 34.8 Å². The normalized spacial score (nSPS) is 21.4. The van der Waals surface area contributed by atoms with Crippen LogP contribution in [0, 0.1) is 27.4 Å². The average Bonchev–Trinajstić information content (AvgIpc) is 4.00. The number of carboxylic acid groups (broad SMARTS) is 1. The van der Waals surface area contributed by atoms with Crippen LogP contribution in [-0.4, -0.2) is 135 Å². The molecule has 1 aliphatic carbocycles. The summed E-state index contributed by atoms with van der Waals surface area (Å²) in [6, 6.07) is 7.05. The molecule has 21 nitrogen and oxygen atoms in total. The molecule has 57 heavy (non-hydrogen) atoms. The van der Waals surface area contributed by atoms with Crippen LogP contribution < -0.4 is 4.74 Å². The molecule has 0 spiro atoms. The molecule has 2 amide bonds. The monoisotopic (exact) mass is 791 g/mol. The predicted octanol–water partition coefficient (Wildman–Crippen LogP) is 2.29. The summed E-state index contributed by atoms with van der Waals surface area (Å²) in [5.41, 5.74) is 1.22. The van der Waals surface area contributed by atoms with Gasteiger partial charge in [-0.05, 0) is 36.5 Å². The Labute approximate surface area is 324 Å². The number of fused-ring (bicyclic) bond motifs is 1. The number of likely N-dealkylation sites (N-methyl/N-ethyl adjacent to an activating group) is 2. The molecule has 0 radical (unpaired) electrons. The molecule has 1 saturated carbocycles. The van der Waals surface area contributed by atoms with E-state index in [2.05, 4.69) is 21.1 Å². The van der Waals surface area contributed by atoms with Crippen LogP contribution in [0.25, 0.3) is 22.3 Å². The second-order valence-corrected chi connectivity index (χ2v) is 13.9. The minimum Gasteiger partial charge on any atom is -0.479 e. The average molecular weight is 792 g/mol. The number of ether oxygens (including phenoxy) is 3. The topological polar surface area (TPSA) is 282 Å². The Hall–Kier alpha value is -6.21. The van der Waals surface area contributed by atoms with Crippen LogP contribution in [0.3, 0.4) is 0 Å². The van der Waals surface area contributed by atoms with Gasteiger partial charge in [-0.25, -0.2) is 24.4 Å². The van der Waals surface area contributed by atoms with Crippen molar-refractivity contribution in [3.05, 3.63) is 64.9 Å². The van der Waals surface area contributed by atoms with Gasteiger partial charge in [-0.1, -0.05) is 18.9 Å². The summed E-state index contributed by atoms with van der Waals surface area (Å²) in [5.74, 6) is -1.72. The highest BCUT2D eigenvalue weighted by Gasteiger charge is 2.48. The van der Waals surface area contributed by atoms with Crippen molar-refractivity contribution in [1.82, 2.24) is 34.1 Å². The number of aliphatic hydroxyl groups excluding tert-OH is 3. The first-order chi connectivity index (χ1) is 27.3. The van der Waals surface area contributed by atoms with Gasteiger partial charge in [-0.3, -0.25) is 19.4 Å². The van der Waals surface area contributed by atoms with Crippen LogP contribution in [0.4, 0.5) is 15.3 Å². The molecule has 4 heterocycles. The Morgan fingerprint density at radius 1 is 1.09 bits per heavy atom. The van der Waals surface area contributed by atoms with Gasteiger partial charge in [0.05, 0.1) is 35.3 Å². The number of nitro benzene ring substituents is 1. The van der Waals surface area contributed by atoms with Gasteiger partial charge < -0.3 is 44.4 Å². The number of rotatable bonds is 13. The van der Waals surface area contributed by atoms with Gasteiger partial charge in [0, 0.05) is 56.6 Å². The van der Waals surface area contributed by atoms with E-state index < -0.39 is 71.8 Å². The van der Waals surface area contributed by atoms with E-state index in [-0.39, 0.29) is 24.7 Å². The Balaban J connectivity index is 1.04. The second kappa shape index (κ2) is 17.3. The van der Waals surface area contributed by atoms with E-state index >= 15 is 0 Å². The number of amides is 2. The number of aliphatic carboxylic acids is 1. The number of hydrogen-bond acceptors (Lipinski definition) is 15. The fourth-order valence-corrected chi connectivity index (χ4v) is 6.99. The fourth-order valence-electron chi connectivity index (χ4n) is 6.99. The first-order valence-electron chi connectivity index (χ1n) is 18.0. The molecule has 0 bridgehead atoms. The van der Waals surface area contributed by atoms with Crippen molar-refractivity contribution in [3.8, 4) is 23.1 Å². The number of benzene rings is 1. The van der Waals surface area contributed by atoms with Crippen molar-refractivity contribution in [1.29, 1.82) is 5.26 Å². The van der Waals surface area contributed by atoms with E-state index in [1.165, 1.54) is 33.8 Å². The molecule has 3 aromatic heterocycles. The zero-order valence-electron chi connectivity index (χ0n) is 30.9. The number of nitro groups is 1. The minimum absolute atomic E-state index is 0.0292. The first kappa shape index (κ1) is 40.5. The first-order valence-corrected chi connectivity index (χ1v) is 18.0. The highest BCUT2D eigenvalue weighted by Crippen LogP contribution is 2.37. The fraction of sp³-hybridized carbons (Fsp3) is 0.472. The molecule has 4 N–H and O–H groups in total. The lowest BCUT2D eigenvalue weighted by Crippen LogP contribution is -2.61. The van der Waals surface area contributed by atoms with E-state index in [9.17, 15) is 50.2 Å². The number of aromatic nitrogens is 5. The van der Waals surface area contributed by atoms with E-state index in [1.54, 1.807) is 25.5 Å².